The van der Waals surface area contributed by atoms with Crippen LogP contribution in [0.4, 0.5) is 24.5 Å². The Hall–Kier alpha value is -4.62. The molecule has 45 heavy (non-hydrogen) atoms. The van der Waals surface area contributed by atoms with Crippen LogP contribution in [0.2, 0.25) is 5.02 Å². The van der Waals surface area contributed by atoms with Crippen molar-refractivity contribution >= 4 is 57.9 Å². The highest BCUT2D eigenvalue weighted by molar-refractivity contribution is 8.15. The van der Waals surface area contributed by atoms with E-state index >= 15 is 0 Å². The van der Waals surface area contributed by atoms with E-state index in [0.29, 0.717) is 32.8 Å². The predicted molar refractivity (Wildman–Crippen MR) is 169 cm³/mol. The Balaban J connectivity index is 1.29. The van der Waals surface area contributed by atoms with Gasteiger partial charge in [0.15, 0.2) is 5.17 Å². The largest absolute Gasteiger partial charge is 0.573 e. The van der Waals surface area contributed by atoms with E-state index in [2.05, 4.69) is 34.1 Å². The Morgan fingerprint density at radius 3 is 2.56 bits per heavy atom. The molecule has 0 radical (unpaired) electrons. The molecule has 2 amide bonds. The summed E-state index contributed by atoms with van der Waals surface area (Å²) in [6.07, 6.45) is -1.73. The molecule has 1 N–H and O–H groups in total. The van der Waals surface area contributed by atoms with Crippen LogP contribution < -0.4 is 10.1 Å². The van der Waals surface area contributed by atoms with E-state index in [-0.39, 0.29) is 23.1 Å². The molecule has 1 saturated heterocycles. The van der Waals surface area contributed by atoms with Gasteiger partial charge in [-0.15, -0.1) is 13.2 Å². The summed E-state index contributed by atoms with van der Waals surface area (Å²) >= 11 is 7.90. The maximum atomic E-state index is 12.7. The van der Waals surface area contributed by atoms with Gasteiger partial charge in [0.2, 0.25) is 0 Å². The molecule has 0 bridgehead atoms. The maximum absolute atomic E-state index is 12.7. The van der Waals surface area contributed by atoms with Crippen LogP contribution in [0.1, 0.15) is 46.9 Å². The van der Waals surface area contributed by atoms with Crippen LogP contribution in [0, 0.1) is 6.92 Å². The highest BCUT2D eigenvalue weighted by Crippen LogP contribution is 2.31. The third kappa shape index (κ3) is 7.73. The van der Waals surface area contributed by atoms with Crippen molar-refractivity contribution < 1.29 is 27.5 Å². The lowest BCUT2D eigenvalue weighted by Gasteiger charge is -2.12. The highest BCUT2D eigenvalue weighted by Gasteiger charge is 2.31. The van der Waals surface area contributed by atoms with Gasteiger partial charge in [-0.1, -0.05) is 61.5 Å². The van der Waals surface area contributed by atoms with Gasteiger partial charge in [0.25, 0.3) is 11.8 Å². The number of carbonyl (C=O) groups is 2. The van der Waals surface area contributed by atoms with Crippen molar-refractivity contribution in [2.24, 2.45) is 10.1 Å². The lowest BCUT2D eigenvalue weighted by atomic mass is 10.0. The first-order chi connectivity index (χ1) is 21.4. The number of amides is 2. The molecule has 0 unspecified atom stereocenters. The first-order valence-corrected chi connectivity index (χ1v) is 14.9. The number of aryl methyl sites for hydroxylation is 1. The number of rotatable bonds is 8. The van der Waals surface area contributed by atoms with E-state index in [0.717, 1.165) is 23.4 Å². The Bertz CT molecular complexity index is 1810. The van der Waals surface area contributed by atoms with Crippen molar-refractivity contribution in [3.63, 3.8) is 0 Å². The van der Waals surface area contributed by atoms with Gasteiger partial charge >= 0.3 is 6.36 Å². The average Bonchev–Trinajstić information content (AvgIpc) is 3.52. The third-order valence-electron chi connectivity index (χ3n) is 6.56. The summed E-state index contributed by atoms with van der Waals surface area (Å²) in [6.45, 7) is 5.85. The van der Waals surface area contributed by atoms with Gasteiger partial charge in [0, 0.05) is 5.56 Å². The minimum atomic E-state index is -4.83. The monoisotopic (exact) mass is 654 g/mol. The zero-order chi connectivity index (χ0) is 32.3. The van der Waals surface area contributed by atoms with Crippen LogP contribution in [0.15, 0.2) is 83.0 Å². The molecule has 3 aromatic carbocycles. The van der Waals surface area contributed by atoms with Gasteiger partial charge in [-0.25, -0.2) is 9.67 Å². The van der Waals surface area contributed by atoms with E-state index in [1.165, 1.54) is 39.8 Å². The molecule has 1 fully saturated rings. The number of anilines is 1. The molecule has 5 rings (SSSR count). The van der Waals surface area contributed by atoms with Gasteiger partial charge in [-0.05, 0) is 66.4 Å². The second-order valence-electron chi connectivity index (χ2n) is 10.2. The van der Waals surface area contributed by atoms with Crippen LogP contribution in [0.25, 0.3) is 5.69 Å². The normalized spacial score (nSPS) is 14.6. The molecular weight excluding hydrogens is 629 g/mol. The SMILES string of the molecule is Cc1nn(-c2ccc(/C=N/N3C(=O)CSC3=Nc3ccccc3C(C)C)cc2Cl)cc1NC(=O)c1ccc(OC(F)(F)F)cc1. The van der Waals surface area contributed by atoms with Gasteiger partial charge in [-0.3, -0.25) is 9.59 Å². The molecule has 14 heteroatoms. The fourth-order valence-corrected chi connectivity index (χ4v) is 5.44. The number of ether oxygens (including phenoxy) is 1. The maximum Gasteiger partial charge on any atom is 0.573 e. The summed E-state index contributed by atoms with van der Waals surface area (Å²) in [5.41, 5.74) is 4.01. The molecule has 1 aliphatic rings. The van der Waals surface area contributed by atoms with Crippen molar-refractivity contribution in [2.45, 2.75) is 33.1 Å². The summed E-state index contributed by atoms with van der Waals surface area (Å²) in [7, 11) is 0. The van der Waals surface area contributed by atoms with Crippen LogP contribution in [-0.4, -0.2) is 50.1 Å². The lowest BCUT2D eigenvalue weighted by molar-refractivity contribution is -0.274. The number of aliphatic imine (C=N–C) groups is 1. The van der Waals surface area contributed by atoms with Crippen molar-refractivity contribution in [1.82, 2.24) is 14.8 Å². The van der Waals surface area contributed by atoms with E-state index in [4.69, 9.17) is 16.6 Å². The van der Waals surface area contributed by atoms with E-state index in [1.807, 2.05) is 24.3 Å². The van der Waals surface area contributed by atoms with Crippen molar-refractivity contribution in [2.75, 3.05) is 11.1 Å². The summed E-state index contributed by atoms with van der Waals surface area (Å²) in [5, 5.41) is 13.6. The molecule has 9 nitrogen and oxygen atoms in total. The predicted octanol–water partition coefficient (Wildman–Crippen LogP) is 7.71. The zero-order valence-corrected chi connectivity index (χ0v) is 25.7. The van der Waals surface area contributed by atoms with Gasteiger partial charge < -0.3 is 10.1 Å². The Labute approximate surface area is 265 Å². The fraction of sp³-hybridized carbons (Fsp3) is 0.194. The Morgan fingerprint density at radius 1 is 1.13 bits per heavy atom. The smallest absolute Gasteiger partial charge is 0.406 e. The summed E-state index contributed by atoms with van der Waals surface area (Å²) < 4.78 is 42.6. The number of thioether (sulfide) groups is 1. The van der Waals surface area contributed by atoms with Gasteiger partial charge in [-0.2, -0.15) is 15.2 Å². The van der Waals surface area contributed by atoms with Crippen molar-refractivity contribution in [3.05, 3.63) is 100 Å². The summed E-state index contributed by atoms with van der Waals surface area (Å²) in [5.74, 6) is -0.669. The number of hydrogen-bond acceptors (Lipinski definition) is 7. The minimum Gasteiger partial charge on any atom is -0.406 e. The van der Waals surface area contributed by atoms with E-state index in [9.17, 15) is 22.8 Å². The molecule has 4 aromatic rings. The quantitative estimate of drug-likeness (QED) is 0.196. The first-order valence-electron chi connectivity index (χ1n) is 13.6. The number of carbonyl (C=O) groups excluding carboxylic acids is 2. The number of aromatic nitrogens is 2. The van der Waals surface area contributed by atoms with Gasteiger partial charge in [0.1, 0.15) is 5.75 Å². The van der Waals surface area contributed by atoms with Crippen LogP contribution in [-0.2, 0) is 4.79 Å². The molecule has 1 aliphatic heterocycles. The average molecular weight is 655 g/mol. The molecule has 0 aliphatic carbocycles. The highest BCUT2D eigenvalue weighted by atomic mass is 35.5. The fourth-order valence-electron chi connectivity index (χ4n) is 4.35. The number of amidine groups is 1. The molecular formula is C31H26ClF3N6O3S. The number of hydrazone groups is 1. The number of hydrogen-bond donors (Lipinski definition) is 1. The molecule has 1 aromatic heterocycles. The number of nitrogens with zero attached hydrogens (tertiary/aromatic N) is 5. The molecule has 0 spiro atoms. The van der Waals surface area contributed by atoms with Crippen LogP contribution in [0.5, 0.6) is 5.75 Å². The topological polar surface area (TPSA) is 101 Å². The molecule has 232 valence electrons. The molecule has 2 heterocycles. The summed E-state index contributed by atoms with van der Waals surface area (Å²) in [4.78, 5) is 30.0. The van der Waals surface area contributed by atoms with Crippen molar-refractivity contribution in [1.29, 1.82) is 0 Å². The van der Waals surface area contributed by atoms with E-state index < -0.39 is 18.0 Å². The second-order valence-corrected chi connectivity index (χ2v) is 11.5. The number of alkyl halides is 3. The minimum absolute atomic E-state index is 0.130. The molecule has 0 saturated carbocycles. The molecule has 0 atom stereocenters. The number of benzene rings is 3. The van der Waals surface area contributed by atoms with Crippen LogP contribution in [0.3, 0.4) is 0 Å². The van der Waals surface area contributed by atoms with Crippen LogP contribution >= 0.6 is 23.4 Å². The third-order valence-corrected chi connectivity index (χ3v) is 7.77. The Kier molecular flexibility index (Phi) is 9.30. The number of para-hydroxylation sites is 1. The van der Waals surface area contributed by atoms with Gasteiger partial charge in [0.05, 0.1) is 45.9 Å². The second kappa shape index (κ2) is 13.2. The zero-order valence-electron chi connectivity index (χ0n) is 24.2. The standard InChI is InChI=1S/C31H26ClF3N6O3S/c1-18(2)23-6-4-5-7-25(23)38-30-41(28(42)17-45-30)36-15-20-8-13-27(24(32)14-20)40-16-26(19(3)39-40)37-29(43)21-9-11-22(12-10-21)44-31(33,34)35/h4-16,18H,17H2,1-3H3,(H,37,43)/b36-15+,38-30?. The summed E-state index contributed by atoms with van der Waals surface area (Å²) in [6, 6.07) is 17.5. The number of nitrogens with one attached hydrogen (secondary N) is 1. The lowest BCUT2D eigenvalue weighted by Crippen LogP contribution is -2.23. The Morgan fingerprint density at radius 2 is 1.87 bits per heavy atom. The van der Waals surface area contributed by atoms with Crippen molar-refractivity contribution in [3.8, 4) is 11.4 Å². The number of halogens is 4. The van der Waals surface area contributed by atoms with E-state index in [1.54, 1.807) is 31.3 Å². The first kappa shape index (κ1) is 31.8.